The van der Waals surface area contributed by atoms with Crippen LogP contribution in [0.15, 0.2) is 12.3 Å². The van der Waals surface area contributed by atoms with E-state index < -0.39 is 11.4 Å². The van der Waals surface area contributed by atoms with Crippen LogP contribution in [0.25, 0.3) is 0 Å². The van der Waals surface area contributed by atoms with Crippen molar-refractivity contribution in [3.63, 3.8) is 0 Å². The van der Waals surface area contributed by atoms with Gasteiger partial charge in [-0.15, -0.1) is 0 Å². The van der Waals surface area contributed by atoms with Gasteiger partial charge in [0.15, 0.2) is 0 Å². The number of piperidine rings is 1. The molecule has 1 amide bonds. The molecule has 5 nitrogen and oxygen atoms in total. The van der Waals surface area contributed by atoms with Gasteiger partial charge in [-0.3, -0.25) is 4.79 Å². The van der Waals surface area contributed by atoms with E-state index in [-0.39, 0.29) is 11.5 Å². The minimum Gasteiger partial charge on any atom is -0.390 e. The van der Waals surface area contributed by atoms with Gasteiger partial charge in [-0.05, 0) is 32.3 Å². The summed E-state index contributed by atoms with van der Waals surface area (Å²) < 4.78 is 13.4. The molecule has 0 unspecified atom stereocenters. The highest BCUT2D eigenvalue weighted by molar-refractivity contribution is 5.98. The largest absolute Gasteiger partial charge is 0.390 e. The number of hydrogen-bond acceptors (Lipinski definition) is 4. The van der Waals surface area contributed by atoms with E-state index in [1.54, 1.807) is 11.8 Å². The molecule has 0 radical (unpaired) electrons. The van der Waals surface area contributed by atoms with Crippen molar-refractivity contribution in [3.8, 4) is 0 Å². The molecule has 1 aromatic rings. The fraction of sp³-hybridized carbons (Fsp3) is 0.600. The number of halogens is 1. The molecule has 1 saturated heterocycles. The molecule has 0 aromatic carbocycles. The third-order valence-corrected chi connectivity index (χ3v) is 3.75. The van der Waals surface area contributed by atoms with E-state index in [1.807, 2.05) is 6.92 Å². The zero-order chi connectivity index (χ0) is 15.5. The number of carbonyl (C=O) groups excluding carboxylic acids is 1. The molecule has 0 saturated carbocycles. The molecule has 21 heavy (non-hydrogen) atoms. The lowest BCUT2D eigenvalue weighted by molar-refractivity contribution is -0.00201. The molecule has 2 rings (SSSR count). The van der Waals surface area contributed by atoms with Crippen molar-refractivity contribution in [2.24, 2.45) is 0 Å². The summed E-state index contributed by atoms with van der Waals surface area (Å²) in [6.07, 6.45) is 3.05. The van der Waals surface area contributed by atoms with Crippen molar-refractivity contribution in [2.75, 3.05) is 25.0 Å². The summed E-state index contributed by atoms with van der Waals surface area (Å²) in [5.41, 5.74) is -0.467. The molecule has 1 aliphatic rings. The van der Waals surface area contributed by atoms with E-state index in [1.165, 1.54) is 6.07 Å². The first-order valence-corrected chi connectivity index (χ1v) is 7.34. The number of hydrogen-bond donors (Lipinski definition) is 2. The molecule has 1 fully saturated rings. The smallest absolute Gasteiger partial charge is 0.257 e. The molecule has 0 atom stereocenters. The Hall–Kier alpha value is -1.69. The van der Waals surface area contributed by atoms with Gasteiger partial charge in [0.2, 0.25) is 0 Å². The summed E-state index contributed by atoms with van der Waals surface area (Å²) in [7, 11) is 0. The van der Waals surface area contributed by atoms with Crippen LogP contribution >= 0.6 is 0 Å². The van der Waals surface area contributed by atoms with Gasteiger partial charge in [0.1, 0.15) is 11.6 Å². The first-order valence-electron chi connectivity index (χ1n) is 7.34. The van der Waals surface area contributed by atoms with Gasteiger partial charge in [-0.25, -0.2) is 9.37 Å². The van der Waals surface area contributed by atoms with Crippen LogP contribution in [-0.4, -0.2) is 46.1 Å². The second kappa shape index (κ2) is 6.39. The molecule has 2 N–H and O–H groups in total. The van der Waals surface area contributed by atoms with Gasteiger partial charge in [0.05, 0.1) is 17.4 Å². The number of nitrogens with one attached hydrogen (secondary N) is 1. The van der Waals surface area contributed by atoms with Crippen LogP contribution in [0.1, 0.15) is 43.5 Å². The number of pyridine rings is 1. The Morgan fingerprint density at radius 1 is 1.52 bits per heavy atom. The summed E-state index contributed by atoms with van der Waals surface area (Å²) in [6, 6.07) is 1.22. The van der Waals surface area contributed by atoms with Gasteiger partial charge in [-0.1, -0.05) is 6.92 Å². The zero-order valence-corrected chi connectivity index (χ0v) is 12.5. The average molecular weight is 295 g/mol. The molecule has 116 valence electrons. The number of likely N-dealkylation sites (tertiary alicyclic amines) is 1. The fourth-order valence-electron chi connectivity index (χ4n) is 2.35. The SMILES string of the molecule is CCCNc1ncc(F)cc1C(=O)N1CCC(C)(O)CC1. The van der Waals surface area contributed by atoms with E-state index in [0.29, 0.717) is 38.3 Å². The molecular weight excluding hydrogens is 273 g/mol. The maximum atomic E-state index is 13.4. The Bertz CT molecular complexity index is 510. The third kappa shape index (κ3) is 3.91. The van der Waals surface area contributed by atoms with Gasteiger partial charge < -0.3 is 15.3 Å². The molecule has 0 aliphatic carbocycles. The second-order valence-corrected chi connectivity index (χ2v) is 5.77. The number of rotatable bonds is 4. The van der Waals surface area contributed by atoms with Crippen molar-refractivity contribution < 1.29 is 14.3 Å². The Morgan fingerprint density at radius 2 is 2.19 bits per heavy atom. The number of aliphatic hydroxyl groups is 1. The van der Waals surface area contributed by atoms with Crippen LogP contribution in [0.2, 0.25) is 0 Å². The lowest BCUT2D eigenvalue weighted by Crippen LogP contribution is -2.45. The van der Waals surface area contributed by atoms with Gasteiger partial charge in [-0.2, -0.15) is 0 Å². The Morgan fingerprint density at radius 3 is 2.81 bits per heavy atom. The number of amides is 1. The van der Waals surface area contributed by atoms with E-state index >= 15 is 0 Å². The predicted octanol–water partition coefficient (Wildman–Crippen LogP) is 2.03. The van der Waals surface area contributed by atoms with Crippen LogP contribution in [0, 0.1) is 5.82 Å². The standard InChI is InChI=1S/C15H22FN3O2/c1-3-6-17-13-12(9-11(16)10-18-13)14(20)19-7-4-15(2,21)5-8-19/h9-10,21H,3-8H2,1-2H3,(H,17,18). The average Bonchev–Trinajstić information content (AvgIpc) is 2.45. The Balaban J connectivity index is 2.16. The molecule has 0 spiro atoms. The molecule has 0 bridgehead atoms. The molecule has 2 heterocycles. The van der Waals surface area contributed by atoms with Crippen LogP contribution in [0.5, 0.6) is 0 Å². The summed E-state index contributed by atoms with van der Waals surface area (Å²) in [5.74, 6) is -0.346. The minimum atomic E-state index is -0.722. The number of aromatic nitrogens is 1. The van der Waals surface area contributed by atoms with Gasteiger partial charge in [0, 0.05) is 19.6 Å². The molecule has 1 aliphatic heterocycles. The van der Waals surface area contributed by atoms with Crippen LogP contribution in [0.3, 0.4) is 0 Å². The quantitative estimate of drug-likeness (QED) is 0.892. The highest BCUT2D eigenvalue weighted by atomic mass is 19.1. The van der Waals surface area contributed by atoms with Crippen molar-refractivity contribution >= 4 is 11.7 Å². The monoisotopic (exact) mass is 295 g/mol. The Labute approximate surface area is 124 Å². The van der Waals surface area contributed by atoms with E-state index in [2.05, 4.69) is 10.3 Å². The van der Waals surface area contributed by atoms with E-state index in [0.717, 1.165) is 12.6 Å². The molecular formula is C15H22FN3O2. The maximum Gasteiger partial charge on any atom is 0.257 e. The maximum absolute atomic E-state index is 13.4. The van der Waals surface area contributed by atoms with Crippen LogP contribution in [0.4, 0.5) is 10.2 Å². The van der Waals surface area contributed by atoms with Gasteiger partial charge in [0.25, 0.3) is 5.91 Å². The topological polar surface area (TPSA) is 65.5 Å². The van der Waals surface area contributed by atoms with Crippen LogP contribution < -0.4 is 5.32 Å². The lowest BCUT2D eigenvalue weighted by Gasteiger charge is -2.36. The third-order valence-electron chi connectivity index (χ3n) is 3.75. The van der Waals surface area contributed by atoms with Crippen molar-refractivity contribution in [3.05, 3.63) is 23.6 Å². The first-order chi connectivity index (χ1) is 9.93. The predicted molar refractivity (Wildman–Crippen MR) is 78.7 cm³/mol. The number of nitrogens with zero attached hydrogens (tertiary/aromatic N) is 2. The lowest BCUT2D eigenvalue weighted by atomic mass is 9.93. The van der Waals surface area contributed by atoms with Crippen molar-refractivity contribution in [2.45, 2.75) is 38.7 Å². The summed E-state index contributed by atoms with van der Waals surface area (Å²) in [4.78, 5) is 18.2. The van der Waals surface area contributed by atoms with Crippen molar-refractivity contribution in [1.29, 1.82) is 0 Å². The fourth-order valence-corrected chi connectivity index (χ4v) is 2.35. The second-order valence-electron chi connectivity index (χ2n) is 5.77. The molecule has 1 aromatic heterocycles. The van der Waals surface area contributed by atoms with Gasteiger partial charge >= 0.3 is 0 Å². The Kier molecular flexibility index (Phi) is 4.77. The summed E-state index contributed by atoms with van der Waals surface area (Å²) in [5, 5.41) is 13.0. The highest BCUT2D eigenvalue weighted by Crippen LogP contribution is 2.24. The molecule has 6 heteroatoms. The normalized spacial score (nSPS) is 17.6. The van der Waals surface area contributed by atoms with Crippen LogP contribution in [-0.2, 0) is 0 Å². The van der Waals surface area contributed by atoms with E-state index in [4.69, 9.17) is 0 Å². The van der Waals surface area contributed by atoms with Crippen molar-refractivity contribution in [1.82, 2.24) is 9.88 Å². The highest BCUT2D eigenvalue weighted by Gasteiger charge is 2.31. The summed E-state index contributed by atoms with van der Waals surface area (Å²) in [6.45, 7) is 5.39. The number of anilines is 1. The first kappa shape index (κ1) is 15.7. The summed E-state index contributed by atoms with van der Waals surface area (Å²) >= 11 is 0. The zero-order valence-electron chi connectivity index (χ0n) is 12.5. The number of carbonyl (C=O) groups is 1. The van der Waals surface area contributed by atoms with E-state index in [9.17, 15) is 14.3 Å². The minimum absolute atomic E-state index is 0.240.